The van der Waals surface area contributed by atoms with Gasteiger partial charge in [-0.25, -0.2) is 13.1 Å². The Labute approximate surface area is 122 Å². The molecule has 1 rings (SSSR count). The van der Waals surface area contributed by atoms with Crippen molar-refractivity contribution < 1.29 is 18.3 Å². The van der Waals surface area contributed by atoms with Crippen molar-refractivity contribution in [3.05, 3.63) is 22.7 Å². The Morgan fingerprint density at radius 2 is 2.16 bits per heavy atom. The molecule has 19 heavy (non-hydrogen) atoms. The number of benzene rings is 1. The number of aliphatic hydroxyl groups excluding tert-OH is 1. The van der Waals surface area contributed by atoms with Crippen LogP contribution < -0.4 is 9.46 Å². The first-order chi connectivity index (χ1) is 8.90. The van der Waals surface area contributed by atoms with Gasteiger partial charge >= 0.3 is 0 Å². The topological polar surface area (TPSA) is 75.6 Å². The molecule has 0 aromatic heterocycles. The van der Waals surface area contributed by atoms with Crippen molar-refractivity contribution >= 4 is 26.0 Å². The number of methoxy groups -OCH3 is 1. The van der Waals surface area contributed by atoms with Crippen molar-refractivity contribution in [2.24, 2.45) is 0 Å². The SMILES string of the molecule is COc1ccc(S(=O)(=O)NC(C)CCCO)cc1Br. The molecule has 0 spiro atoms. The molecule has 1 unspecified atom stereocenters. The maximum absolute atomic E-state index is 12.1. The van der Waals surface area contributed by atoms with Crippen molar-refractivity contribution in [1.82, 2.24) is 4.72 Å². The van der Waals surface area contributed by atoms with Crippen molar-refractivity contribution in [3.63, 3.8) is 0 Å². The Bertz CT molecular complexity index is 518. The summed E-state index contributed by atoms with van der Waals surface area (Å²) in [5.41, 5.74) is 0. The lowest BCUT2D eigenvalue weighted by Gasteiger charge is -2.14. The number of hydrogen-bond acceptors (Lipinski definition) is 4. The molecule has 0 radical (unpaired) electrons. The number of halogens is 1. The van der Waals surface area contributed by atoms with E-state index in [1.807, 2.05) is 0 Å². The van der Waals surface area contributed by atoms with Crippen LogP contribution in [0.2, 0.25) is 0 Å². The van der Waals surface area contributed by atoms with Crippen LogP contribution in [-0.2, 0) is 10.0 Å². The molecule has 2 N–H and O–H groups in total. The number of sulfonamides is 1. The van der Waals surface area contributed by atoms with E-state index in [0.717, 1.165) is 0 Å². The normalized spacial score (nSPS) is 13.3. The Morgan fingerprint density at radius 1 is 1.47 bits per heavy atom. The van der Waals surface area contributed by atoms with E-state index in [0.29, 0.717) is 23.1 Å². The Balaban J connectivity index is 2.85. The summed E-state index contributed by atoms with van der Waals surface area (Å²) in [6.45, 7) is 1.83. The van der Waals surface area contributed by atoms with Crippen LogP contribution in [0.4, 0.5) is 0 Å². The van der Waals surface area contributed by atoms with Crippen molar-refractivity contribution in [1.29, 1.82) is 0 Å². The second kappa shape index (κ2) is 7.23. The van der Waals surface area contributed by atoms with E-state index >= 15 is 0 Å². The second-order valence-electron chi connectivity index (χ2n) is 4.18. The minimum absolute atomic E-state index is 0.0557. The van der Waals surface area contributed by atoms with Crippen LogP contribution in [-0.4, -0.2) is 33.3 Å². The summed E-state index contributed by atoms with van der Waals surface area (Å²) in [5, 5.41) is 8.73. The molecular weight excluding hydrogens is 334 g/mol. The first-order valence-electron chi connectivity index (χ1n) is 5.87. The first-order valence-corrected chi connectivity index (χ1v) is 8.15. The highest BCUT2D eigenvalue weighted by atomic mass is 79.9. The zero-order valence-electron chi connectivity index (χ0n) is 10.9. The fourth-order valence-electron chi connectivity index (χ4n) is 1.60. The molecule has 1 atom stereocenters. The Hall–Kier alpha value is -0.630. The summed E-state index contributed by atoms with van der Waals surface area (Å²) in [6.07, 6.45) is 1.16. The van der Waals surface area contributed by atoms with Gasteiger partial charge in [-0.3, -0.25) is 0 Å². The zero-order valence-corrected chi connectivity index (χ0v) is 13.3. The molecule has 0 bridgehead atoms. The van der Waals surface area contributed by atoms with E-state index in [9.17, 15) is 8.42 Å². The number of nitrogens with one attached hydrogen (secondary N) is 1. The third-order valence-corrected chi connectivity index (χ3v) is 4.79. The van der Waals surface area contributed by atoms with Crippen LogP contribution in [0.5, 0.6) is 5.75 Å². The van der Waals surface area contributed by atoms with Gasteiger partial charge in [0.05, 0.1) is 16.5 Å². The fraction of sp³-hybridized carbons (Fsp3) is 0.500. The van der Waals surface area contributed by atoms with Crippen LogP contribution in [0.3, 0.4) is 0 Å². The first kappa shape index (κ1) is 16.4. The molecule has 0 amide bonds. The van der Waals surface area contributed by atoms with Gasteiger partial charge in [-0.2, -0.15) is 0 Å². The molecule has 7 heteroatoms. The van der Waals surface area contributed by atoms with Gasteiger partial charge in [0, 0.05) is 12.6 Å². The largest absolute Gasteiger partial charge is 0.496 e. The molecular formula is C12H18BrNO4S. The molecule has 5 nitrogen and oxygen atoms in total. The molecule has 1 aromatic rings. The van der Waals surface area contributed by atoms with Gasteiger partial charge in [-0.05, 0) is 53.9 Å². The quantitative estimate of drug-likeness (QED) is 0.786. The minimum Gasteiger partial charge on any atom is -0.496 e. The lowest BCUT2D eigenvalue weighted by atomic mass is 10.2. The third kappa shape index (κ3) is 4.76. The van der Waals surface area contributed by atoms with Crippen LogP contribution in [0, 0.1) is 0 Å². The Kier molecular flexibility index (Phi) is 6.25. The highest BCUT2D eigenvalue weighted by Gasteiger charge is 2.18. The van der Waals surface area contributed by atoms with Gasteiger partial charge in [-0.1, -0.05) is 0 Å². The van der Waals surface area contributed by atoms with Crippen LogP contribution in [0.25, 0.3) is 0 Å². The predicted octanol–water partition coefficient (Wildman–Crippen LogP) is 1.90. The standard InChI is InChI=1S/C12H18BrNO4S/c1-9(4-3-7-15)14-19(16,17)10-5-6-12(18-2)11(13)8-10/h5-6,8-9,14-15H,3-4,7H2,1-2H3. The number of rotatable bonds is 7. The lowest BCUT2D eigenvalue weighted by molar-refractivity contribution is 0.279. The molecule has 0 saturated carbocycles. The van der Waals surface area contributed by atoms with Crippen LogP contribution in [0.1, 0.15) is 19.8 Å². The summed E-state index contributed by atoms with van der Waals surface area (Å²) in [4.78, 5) is 0.177. The van der Waals surface area contributed by atoms with Crippen molar-refractivity contribution in [2.45, 2.75) is 30.7 Å². The molecule has 1 aromatic carbocycles. The summed E-state index contributed by atoms with van der Waals surface area (Å²) >= 11 is 3.26. The number of aliphatic hydroxyl groups is 1. The van der Waals surface area contributed by atoms with Gasteiger partial charge < -0.3 is 9.84 Å². The molecule has 0 aliphatic rings. The van der Waals surface area contributed by atoms with Crippen LogP contribution in [0.15, 0.2) is 27.6 Å². The average Bonchev–Trinajstić information content (AvgIpc) is 2.35. The minimum atomic E-state index is -3.55. The van der Waals surface area contributed by atoms with E-state index in [-0.39, 0.29) is 17.5 Å². The zero-order chi connectivity index (χ0) is 14.5. The number of ether oxygens (including phenoxy) is 1. The molecule has 0 heterocycles. The average molecular weight is 352 g/mol. The van der Waals surface area contributed by atoms with E-state index in [1.165, 1.54) is 19.2 Å². The van der Waals surface area contributed by atoms with Gasteiger partial charge in [0.1, 0.15) is 5.75 Å². The fourth-order valence-corrected chi connectivity index (χ4v) is 3.60. The monoisotopic (exact) mass is 351 g/mol. The van der Waals surface area contributed by atoms with Gasteiger partial charge in [-0.15, -0.1) is 0 Å². The highest BCUT2D eigenvalue weighted by molar-refractivity contribution is 9.10. The second-order valence-corrected chi connectivity index (χ2v) is 6.75. The highest BCUT2D eigenvalue weighted by Crippen LogP contribution is 2.27. The van der Waals surface area contributed by atoms with Crippen LogP contribution >= 0.6 is 15.9 Å². The molecule has 0 saturated heterocycles. The summed E-state index contributed by atoms with van der Waals surface area (Å²) < 4.78 is 32.5. The number of hydrogen-bond donors (Lipinski definition) is 2. The van der Waals surface area contributed by atoms with Gasteiger partial charge in [0.15, 0.2) is 0 Å². The summed E-state index contributed by atoms with van der Waals surface area (Å²) in [6, 6.07) is 4.36. The van der Waals surface area contributed by atoms with E-state index < -0.39 is 10.0 Å². The van der Waals surface area contributed by atoms with Crippen molar-refractivity contribution in [3.8, 4) is 5.75 Å². The third-order valence-electron chi connectivity index (χ3n) is 2.59. The molecule has 0 aliphatic carbocycles. The summed E-state index contributed by atoms with van der Waals surface area (Å²) in [5.74, 6) is 0.576. The molecule has 0 aliphatic heterocycles. The Morgan fingerprint density at radius 3 is 2.68 bits per heavy atom. The van der Waals surface area contributed by atoms with Gasteiger partial charge in [0.2, 0.25) is 10.0 Å². The van der Waals surface area contributed by atoms with Crippen molar-refractivity contribution in [2.75, 3.05) is 13.7 Å². The molecule has 0 fully saturated rings. The maximum Gasteiger partial charge on any atom is 0.240 e. The van der Waals surface area contributed by atoms with E-state index in [1.54, 1.807) is 13.0 Å². The van der Waals surface area contributed by atoms with Gasteiger partial charge in [0.25, 0.3) is 0 Å². The smallest absolute Gasteiger partial charge is 0.240 e. The maximum atomic E-state index is 12.1. The predicted molar refractivity (Wildman–Crippen MR) is 76.8 cm³/mol. The molecule has 108 valence electrons. The van der Waals surface area contributed by atoms with E-state index in [2.05, 4.69) is 20.7 Å². The summed E-state index contributed by atoms with van der Waals surface area (Å²) in [7, 11) is -2.04. The van der Waals surface area contributed by atoms with E-state index in [4.69, 9.17) is 9.84 Å². The lowest BCUT2D eigenvalue weighted by Crippen LogP contribution is -2.32.